The van der Waals surface area contributed by atoms with Crippen molar-refractivity contribution >= 4 is 29.4 Å². The number of esters is 1. The number of nitrogens with zero attached hydrogens (tertiary/aromatic N) is 1. The Kier molecular flexibility index (Phi) is 7.46. The Labute approximate surface area is 186 Å². The molecule has 0 radical (unpaired) electrons. The lowest BCUT2D eigenvalue weighted by atomic mass is 10.1. The normalized spacial score (nSPS) is 10.7. The Hall–Kier alpha value is -3.13. The molecule has 2 amide bonds. The Balaban J connectivity index is 1.86. The number of rotatable bonds is 8. The molecule has 7 nitrogen and oxygen atoms in total. The number of amides is 2. The first-order chi connectivity index (χ1) is 14.9. The third kappa shape index (κ3) is 5.52. The molecule has 0 aliphatic carbocycles. The van der Waals surface area contributed by atoms with Gasteiger partial charge in [-0.3, -0.25) is 0 Å². The first-order valence-electron chi connectivity index (χ1n) is 10.0. The third-order valence-corrected chi connectivity index (χ3v) is 5.68. The molecule has 0 spiro atoms. The molecule has 0 saturated carbocycles. The highest BCUT2D eigenvalue weighted by Crippen LogP contribution is 2.23. The number of benzene rings is 1. The third-order valence-electron chi connectivity index (χ3n) is 4.96. The van der Waals surface area contributed by atoms with Crippen molar-refractivity contribution in [2.45, 2.75) is 38.8 Å². The summed E-state index contributed by atoms with van der Waals surface area (Å²) in [4.78, 5) is 31.2. The highest BCUT2D eigenvalue weighted by Gasteiger charge is 2.23. The first-order valence-corrected chi connectivity index (χ1v) is 11.2. The number of ether oxygens (including phenoxy) is 1. The number of carbonyl (C=O) groups excluding carboxylic acids is 2. The molecule has 0 fully saturated rings. The zero-order valence-electron chi connectivity index (χ0n) is 18.2. The van der Waals surface area contributed by atoms with E-state index >= 15 is 0 Å². The molecule has 3 rings (SSSR count). The number of hydrogen-bond donors (Lipinski definition) is 2. The molecule has 1 aromatic carbocycles. The van der Waals surface area contributed by atoms with E-state index in [4.69, 9.17) is 9.15 Å². The van der Waals surface area contributed by atoms with Crippen LogP contribution in [0.4, 0.5) is 10.5 Å². The summed E-state index contributed by atoms with van der Waals surface area (Å²) in [5.41, 5.74) is 3.61. The maximum Gasteiger partial charge on any atom is 0.355 e. The lowest BCUT2D eigenvalue weighted by Gasteiger charge is -2.23. The summed E-state index contributed by atoms with van der Waals surface area (Å²) in [6.07, 6.45) is 3.57. The fourth-order valence-electron chi connectivity index (χ4n) is 3.32. The van der Waals surface area contributed by atoms with Crippen LogP contribution in [-0.2, 0) is 17.8 Å². The Morgan fingerprint density at radius 1 is 1.19 bits per heavy atom. The average molecular weight is 442 g/mol. The Morgan fingerprint density at radius 3 is 2.68 bits per heavy atom. The van der Waals surface area contributed by atoms with Gasteiger partial charge in [-0.05, 0) is 68.5 Å². The number of aromatic nitrogens is 1. The highest BCUT2D eigenvalue weighted by molar-refractivity contribution is 7.98. The van der Waals surface area contributed by atoms with Crippen LogP contribution in [0.25, 0.3) is 0 Å². The molecule has 8 heteroatoms. The predicted molar refractivity (Wildman–Crippen MR) is 121 cm³/mol. The molecular weight excluding hydrogens is 414 g/mol. The molecule has 2 N–H and O–H groups in total. The Bertz CT molecular complexity index is 1040. The average Bonchev–Trinajstić information content (AvgIpc) is 3.36. The highest BCUT2D eigenvalue weighted by atomic mass is 32.2. The lowest BCUT2D eigenvalue weighted by molar-refractivity contribution is 0.0519. The number of thioether (sulfide) groups is 1. The number of anilines is 1. The molecule has 0 aliphatic rings. The first kappa shape index (κ1) is 22.6. The van der Waals surface area contributed by atoms with Crippen LogP contribution in [0.15, 0.2) is 52.0 Å². The van der Waals surface area contributed by atoms with Crippen LogP contribution >= 0.6 is 11.8 Å². The standard InChI is InChI=1S/C23H27N3O4S/c1-5-29-22(27)21-15(2)20(16(3)24-21)14-26(13-18-9-7-11-30-18)23(28)25-17-8-6-10-19(12-17)31-4/h6-12,24H,5,13-14H2,1-4H3,(H,25,28). The van der Waals surface area contributed by atoms with E-state index in [9.17, 15) is 9.59 Å². The van der Waals surface area contributed by atoms with Gasteiger partial charge in [0.25, 0.3) is 0 Å². The summed E-state index contributed by atoms with van der Waals surface area (Å²) in [6, 6.07) is 11.0. The zero-order valence-corrected chi connectivity index (χ0v) is 19.0. The SMILES string of the molecule is CCOC(=O)c1[nH]c(C)c(CN(Cc2ccco2)C(=O)Nc2cccc(SC)c2)c1C. The number of aromatic amines is 1. The largest absolute Gasteiger partial charge is 0.467 e. The van der Waals surface area contributed by atoms with E-state index in [2.05, 4.69) is 10.3 Å². The molecular formula is C23H27N3O4S. The molecule has 2 heterocycles. The molecule has 3 aromatic rings. The van der Waals surface area contributed by atoms with Crippen LogP contribution in [0.3, 0.4) is 0 Å². The van der Waals surface area contributed by atoms with E-state index in [0.717, 1.165) is 27.4 Å². The second-order valence-corrected chi connectivity index (χ2v) is 7.93. The zero-order chi connectivity index (χ0) is 22.4. The smallest absolute Gasteiger partial charge is 0.355 e. The van der Waals surface area contributed by atoms with E-state index < -0.39 is 5.97 Å². The van der Waals surface area contributed by atoms with Crippen molar-refractivity contribution in [1.82, 2.24) is 9.88 Å². The molecule has 31 heavy (non-hydrogen) atoms. The number of H-pyrrole nitrogens is 1. The van der Waals surface area contributed by atoms with Gasteiger partial charge in [-0.1, -0.05) is 6.07 Å². The summed E-state index contributed by atoms with van der Waals surface area (Å²) >= 11 is 1.61. The van der Waals surface area contributed by atoms with Gasteiger partial charge in [0.15, 0.2) is 0 Å². The van der Waals surface area contributed by atoms with E-state index in [1.54, 1.807) is 35.9 Å². The van der Waals surface area contributed by atoms with Crippen LogP contribution in [-0.4, -0.2) is 34.7 Å². The van der Waals surface area contributed by atoms with Crippen LogP contribution in [0, 0.1) is 13.8 Å². The van der Waals surface area contributed by atoms with Crippen molar-refractivity contribution in [3.05, 3.63) is 70.9 Å². The number of carbonyl (C=O) groups is 2. The van der Waals surface area contributed by atoms with Crippen molar-refractivity contribution in [3.8, 4) is 0 Å². The molecule has 0 bridgehead atoms. The van der Waals surface area contributed by atoms with Crippen LogP contribution in [0.2, 0.25) is 0 Å². The summed E-state index contributed by atoms with van der Waals surface area (Å²) in [6.45, 7) is 6.41. The molecule has 0 unspecified atom stereocenters. The van der Waals surface area contributed by atoms with Crippen LogP contribution in [0.5, 0.6) is 0 Å². The number of hydrogen-bond acceptors (Lipinski definition) is 5. The van der Waals surface area contributed by atoms with Gasteiger partial charge in [-0.2, -0.15) is 0 Å². The summed E-state index contributed by atoms with van der Waals surface area (Å²) < 4.78 is 10.6. The molecule has 0 atom stereocenters. The molecule has 0 aliphatic heterocycles. The van der Waals surface area contributed by atoms with Gasteiger partial charge >= 0.3 is 12.0 Å². The van der Waals surface area contributed by atoms with Crippen LogP contribution < -0.4 is 5.32 Å². The van der Waals surface area contributed by atoms with E-state index in [1.807, 2.05) is 50.4 Å². The van der Waals surface area contributed by atoms with Gasteiger partial charge < -0.3 is 24.4 Å². The van der Waals surface area contributed by atoms with Crippen molar-refractivity contribution in [2.24, 2.45) is 0 Å². The van der Waals surface area contributed by atoms with Crippen molar-refractivity contribution in [2.75, 3.05) is 18.2 Å². The fourth-order valence-corrected chi connectivity index (χ4v) is 3.78. The van der Waals surface area contributed by atoms with Gasteiger partial charge in [-0.25, -0.2) is 9.59 Å². The summed E-state index contributed by atoms with van der Waals surface area (Å²) in [7, 11) is 0. The van der Waals surface area contributed by atoms with Gasteiger partial charge in [-0.15, -0.1) is 11.8 Å². The molecule has 2 aromatic heterocycles. The van der Waals surface area contributed by atoms with Gasteiger partial charge in [0.2, 0.25) is 0 Å². The molecule has 164 valence electrons. The number of urea groups is 1. The Morgan fingerprint density at radius 2 is 2.00 bits per heavy atom. The maximum atomic E-state index is 13.2. The number of aryl methyl sites for hydroxylation is 1. The second kappa shape index (κ2) is 10.3. The minimum absolute atomic E-state index is 0.257. The van der Waals surface area contributed by atoms with Gasteiger partial charge in [0.1, 0.15) is 11.5 Å². The van der Waals surface area contributed by atoms with Crippen molar-refractivity contribution in [1.29, 1.82) is 0 Å². The van der Waals surface area contributed by atoms with Crippen LogP contribution in [0.1, 0.15) is 40.0 Å². The minimum atomic E-state index is -0.398. The number of furan rings is 1. The van der Waals surface area contributed by atoms with E-state index in [1.165, 1.54) is 0 Å². The topological polar surface area (TPSA) is 87.6 Å². The quantitative estimate of drug-likeness (QED) is 0.363. The molecule has 0 saturated heterocycles. The van der Waals surface area contributed by atoms with Crippen molar-refractivity contribution < 1.29 is 18.7 Å². The minimum Gasteiger partial charge on any atom is -0.467 e. The van der Waals surface area contributed by atoms with E-state index in [0.29, 0.717) is 31.2 Å². The number of nitrogens with one attached hydrogen (secondary N) is 2. The van der Waals surface area contributed by atoms with Gasteiger partial charge in [0, 0.05) is 22.8 Å². The lowest BCUT2D eigenvalue weighted by Crippen LogP contribution is -2.34. The fraction of sp³-hybridized carbons (Fsp3) is 0.304. The van der Waals surface area contributed by atoms with E-state index in [-0.39, 0.29) is 6.03 Å². The monoisotopic (exact) mass is 441 g/mol. The predicted octanol–water partition coefficient (Wildman–Crippen LogP) is 5.36. The maximum absolute atomic E-state index is 13.2. The summed E-state index contributed by atoms with van der Waals surface area (Å²) in [5.74, 6) is 0.273. The van der Waals surface area contributed by atoms with Gasteiger partial charge in [0.05, 0.1) is 19.4 Å². The summed E-state index contributed by atoms with van der Waals surface area (Å²) in [5, 5.41) is 2.97. The van der Waals surface area contributed by atoms with Crippen molar-refractivity contribution in [3.63, 3.8) is 0 Å². The second-order valence-electron chi connectivity index (χ2n) is 7.05.